The molecule has 0 heterocycles. The molecule has 0 aromatic heterocycles. The van der Waals surface area contributed by atoms with Gasteiger partial charge in [0.1, 0.15) is 11.8 Å². The Hall–Kier alpha value is -3.31. The fourth-order valence-electron chi connectivity index (χ4n) is 3.97. The molecular formula is C31H37ClN2O3. The summed E-state index contributed by atoms with van der Waals surface area (Å²) in [7, 11) is 0. The molecule has 0 spiro atoms. The Kier molecular flexibility index (Phi) is 11.0. The maximum absolute atomic E-state index is 13.6. The number of hydrogen-bond acceptors (Lipinski definition) is 3. The predicted octanol–water partition coefficient (Wildman–Crippen LogP) is 6.36. The highest BCUT2D eigenvalue weighted by atomic mass is 35.5. The maximum atomic E-state index is 13.6. The lowest BCUT2D eigenvalue weighted by molar-refractivity contribution is -0.141. The summed E-state index contributed by atoms with van der Waals surface area (Å²) >= 11 is 5.94. The van der Waals surface area contributed by atoms with Crippen molar-refractivity contribution in [3.8, 4) is 5.75 Å². The third-order valence-electron chi connectivity index (χ3n) is 6.36. The van der Waals surface area contributed by atoms with Gasteiger partial charge in [0.2, 0.25) is 11.8 Å². The molecule has 0 aliphatic rings. The lowest BCUT2D eigenvalue weighted by Crippen LogP contribution is -2.52. The minimum absolute atomic E-state index is 0.0230. The summed E-state index contributed by atoms with van der Waals surface area (Å²) < 4.78 is 5.78. The Bertz CT molecular complexity index is 1120. The van der Waals surface area contributed by atoms with Gasteiger partial charge in [0, 0.05) is 30.5 Å². The zero-order chi connectivity index (χ0) is 26.6. The normalized spacial score (nSPS) is 12.4. The molecule has 0 fully saturated rings. The van der Waals surface area contributed by atoms with Gasteiger partial charge in [0.25, 0.3) is 0 Å². The average Bonchev–Trinajstić information content (AvgIpc) is 2.91. The molecular weight excluding hydrogens is 484 g/mol. The number of carbonyl (C=O) groups is 2. The van der Waals surface area contributed by atoms with Gasteiger partial charge in [0.15, 0.2) is 0 Å². The largest absolute Gasteiger partial charge is 0.494 e. The molecule has 0 saturated carbocycles. The second-order valence-corrected chi connectivity index (χ2v) is 9.87. The minimum Gasteiger partial charge on any atom is -0.494 e. The quantitative estimate of drug-likeness (QED) is 0.267. The molecule has 1 N–H and O–H groups in total. The van der Waals surface area contributed by atoms with E-state index in [1.807, 2.05) is 87.5 Å². The molecule has 2 atom stereocenters. The molecule has 0 bridgehead atoms. The van der Waals surface area contributed by atoms with E-state index >= 15 is 0 Å². The van der Waals surface area contributed by atoms with Crippen LogP contribution in [-0.4, -0.2) is 35.4 Å². The molecule has 37 heavy (non-hydrogen) atoms. The molecule has 0 aliphatic heterocycles. The highest BCUT2D eigenvalue weighted by Crippen LogP contribution is 2.19. The van der Waals surface area contributed by atoms with Gasteiger partial charge in [-0.2, -0.15) is 0 Å². The van der Waals surface area contributed by atoms with Gasteiger partial charge in [-0.25, -0.2) is 0 Å². The van der Waals surface area contributed by atoms with Crippen LogP contribution in [0.25, 0.3) is 0 Å². The van der Waals surface area contributed by atoms with E-state index in [-0.39, 0.29) is 24.3 Å². The lowest BCUT2D eigenvalue weighted by Gasteiger charge is -2.32. The highest BCUT2D eigenvalue weighted by molar-refractivity contribution is 6.30. The summed E-state index contributed by atoms with van der Waals surface area (Å²) in [5, 5.41) is 3.75. The van der Waals surface area contributed by atoms with Crippen LogP contribution in [0.3, 0.4) is 0 Å². The van der Waals surface area contributed by atoms with Crippen LogP contribution in [0.15, 0.2) is 78.9 Å². The Morgan fingerprint density at radius 2 is 1.62 bits per heavy atom. The van der Waals surface area contributed by atoms with Crippen molar-refractivity contribution in [1.82, 2.24) is 10.2 Å². The van der Waals surface area contributed by atoms with Crippen molar-refractivity contribution in [2.45, 2.75) is 65.1 Å². The van der Waals surface area contributed by atoms with Crippen molar-refractivity contribution in [2.24, 2.45) is 0 Å². The molecule has 2 amide bonds. The Balaban J connectivity index is 1.78. The molecule has 3 aromatic carbocycles. The third kappa shape index (κ3) is 9.25. The van der Waals surface area contributed by atoms with Gasteiger partial charge in [0.05, 0.1) is 6.61 Å². The summed E-state index contributed by atoms with van der Waals surface area (Å²) in [6.07, 6.45) is 2.08. The zero-order valence-corrected chi connectivity index (χ0v) is 22.7. The van der Waals surface area contributed by atoms with Crippen LogP contribution in [0.2, 0.25) is 5.02 Å². The van der Waals surface area contributed by atoms with E-state index in [4.69, 9.17) is 16.3 Å². The SMILES string of the molecule is CC[C@@H](C)NC(=O)[C@H](Cc1ccccc1)N(Cc1ccc(C)cc1)C(=O)CCCOc1ccc(Cl)cc1. The molecule has 0 unspecified atom stereocenters. The van der Waals surface area contributed by atoms with Gasteiger partial charge >= 0.3 is 0 Å². The monoisotopic (exact) mass is 520 g/mol. The van der Waals surface area contributed by atoms with Crippen molar-refractivity contribution in [1.29, 1.82) is 0 Å². The molecule has 196 valence electrons. The third-order valence-corrected chi connectivity index (χ3v) is 6.61. The van der Waals surface area contributed by atoms with Crippen molar-refractivity contribution >= 4 is 23.4 Å². The summed E-state index contributed by atoms with van der Waals surface area (Å²) in [4.78, 5) is 28.9. The summed E-state index contributed by atoms with van der Waals surface area (Å²) in [5.74, 6) is 0.514. The molecule has 3 rings (SSSR count). The lowest BCUT2D eigenvalue weighted by atomic mass is 10.0. The summed E-state index contributed by atoms with van der Waals surface area (Å²) in [6, 6.07) is 24.5. The summed E-state index contributed by atoms with van der Waals surface area (Å²) in [6.45, 7) is 6.81. The number of ether oxygens (including phenoxy) is 1. The minimum atomic E-state index is -0.623. The molecule has 3 aromatic rings. The molecule has 0 aliphatic carbocycles. The predicted molar refractivity (Wildman–Crippen MR) is 150 cm³/mol. The Morgan fingerprint density at radius 1 is 0.946 bits per heavy atom. The fourth-order valence-corrected chi connectivity index (χ4v) is 4.10. The number of carbonyl (C=O) groups excluding carboxylic acids is 2. The standard InChI is InChI=1S/C31H37ClN2O3/c1-4-24(3)33-31(36)29(21-25-9-6-5-7-10-25)34(22-26-14-12-23(2)13-15-26)30(35)11-8-20-37-28-18-16-27(32)17-19-28/h5-7,9-10,12-19,24,29H,4,8,11,20-22H2,1-3H3,(H,33,36)/t24-,29+/m1/s1. The van der Waals surface area contributed by atoms with Crippen LogP contribution in [0.5, 0.6) is 5.75 Å². The second-order valence-electron chi connectivity index (χ2n) is 9.44. The van der Waals surface area contributed by atoms with Crippen LogP contribution in [0.1, 0.15) is 49.8 Å². The van der Waals surface area contributed by atoms with Crippen molar-refractivity contribution < 1.29 is 14.3 Å². The van der Waals surface area contributed by atoms with E-state index in [2.05, 4.69) is 5.32 Å². The number of amides is 2. The number of halogens is 1. The number of benzene rings is 3. The van der Waals surface area contributed by atoms with Crippen molar-refractivity contribution in [3.63, 3.8) is 0 Å². The number of aryl methyl sites for hydroxylation is 1. The smallest absolute Gasteiger partial charge is 0.243 e. The fraction of sp³-hybridized carbons (Fsp3) is 0.355. The first kappa shape index (κ1) is 28.3. The number of nitrogens with one attached hydrogen (secondary N) is 1. The van der Waals surface area contributed by atoms with Crippen LogP contribution in [-0.2, 0) is 22.6 Å². The molecule has 6 heteroatoms. The van der Waals surface area contributed by atoms with Gasteiger partial charge in [-0.3, -0.25) is 9.59 Å². The number of rotatable bonds is 13. The maximum Gasteiger partial charge on any atom is 0.243 e. The van der Waals surface area contributed by atoms with E-state index in [0.29, 0.717) is 36.8 Å². The van der Waals surface area contributed by atoms with Gasteiger partial charge in [-0.15, -0.1) is 0 Å². The topological polar surface area (TPSA) is 58.6 Å². The first-order chi connectivity index (χ1) is 17.9. The molecule has 0 saturated heterocycles. The van der Waals surface area contributed by atoms with E-state index in [9.17, 15) is 9.59 Å². The van der Waals surface area contributed by atoms with E-state index < -0.39 is 6.04 Å². The Labute approximate surface area is 225 Å². The first-order valence-corrected chi connectivity index (χ1v) is 13.3. The number of hydrogen-bond donors (Lipinski definition) is 1. The van der Waals surface area contributed by atoms with Crippen molar-refractivity contribution in [3.05, 3.63) is 101 Å². The van der Waals surface area contributed by atoms with Crippen molar-refractivity contribution in [2.75, 3.05) is 6.61 Å². The zero-order valence-electron chi connectivity index (χ0n) is 22.0. The van der Waals surface area contributed by atoms with Gasteiger partial charge < -0.3 is 15.0 Å². The van der Waals surface area contributed by atoms with Crippen LogP contribution < -0.4 is 10.1 Å². The van der Waals surface area contributed by atoms with E-state index in [1.54, 1.807) is 17.0 Å². The molecule has 0 radical (unpaired) electrons. The van der Waals surface area contributed by atoms with Gasteiger partial charge in [-0.1, -0.05) is 78.7 Å². The Morgan fingerprint density at radius 3 is 2.27 bits per heavy atom. The first-order valence-electron chi connectivity index (χ1n) is 12.9. The van der Waals surface area contributed by atoms with E-state index in [0.717, 1.165) is 23.1 Å². The average molecular weight is 521 g/mol. The van der Waals surface area contributed by atoms with Crippen LogP contribution in [0, 0.1) is 6.92 Å². The number of nitrogens with zero attached hydrogens (tertiary/aromatic N) is 1. The highest BCUT2D eigenvalue weighted by Gasteiger charge is 2.30. The second kappa shape index (κ2) is 14.4. The summed E-state index contributed by atoms with van der Waals surface area (Å²) in [5.41, 5.74) is 3.15. The van der Waals surface area contributed by atoms with Crippen LogP contribution in [0.4, 0.5) is 0 Å². The van der Waals surface area contributed by atoms with E-state index in [1.165, 1.54) is 0 Å². The van der Waals surface area contributed by atoms with Gasteiger partial charge in [-0.05, 0) is 62.1 Å². The molecule has 5 nitrogen and oxygen atoms in total. The van der Waals surface area contributed by atoms with Crippen LogP contribution >= 0.6 is 11.6 Å².